The standard InChI is InChI=1S/C13H24BrN3S/c1-6-10-13(14)12(17(4)16-10)7-11(15-3)9(2)8-18-5/h9,11,15H,6-8H2,1-5H3. The molecular formula is C13H24BrN3S. The Kier molecular flexibility index (Phi) is 6.74. The van der Waals surface area contributed by atoms with E-state index < -0.39 is 0 Å². The maximum absolute atomic E-state index is 4.56. The Hall–Kier alpha value is -0.000000000000000111. The van der Waals surface area contributed by atoms with E-state index in [0.29, 0.717) is 12.0 Å². The fraction of sp³-hybridized carbons (Fsp3) is 0.769. The van der Waals surface area contributed by atoms with Crippen LogP contribution in [0.2, 0.25) is 0 Å². The average Bonchev–Trinajstić information content (AvgIpc) is 2.62. The Morgan fingerprint density at radius 2 is 2.17 bits per heavy atom. The van der Waals surface area contributed by atoms with E-state index in [4.69, 9.17) is 0 Å². The van der Waals surface area contributed by atoms with Crippen molar-refractivity contribution in [2.24, 2.45) is 13.0 Å². The number of thioether (sulfide) groups is 1. The summed E-state index contributed by atoms with van der Waals surface area (Å²) < 4.78 is 3.20. The molecule has 0 fully saturated rings. The van der Waals surface area contributed by atoms with Crippen molar-refractivity contribution in [3.05, 3.63) is 15.9 Å². The molecule has 3 nitrogen and oxygen atoms in total. The smallest absolute Gasteiger partial charge is 0.0766 e. The molecule has 0 aliphatic heterocycles. The van der Waals surface area contributed by atoms with E-state index in [1.807, 2.05) is 30.5 Å². The third-order valence-corrected chi connectivity index (χ3v) is 5.18. The lowest BCUT2D eigenvalue weighted by Crippen LogP contribution is -2.36. The lowest BCUT2D eigenvalue weighted by atomic mass is 9.99. The van der Waals surface area contributed by atoms with Gasteiger partial charge in [-0.1, -0.05) is 13.8 Å². The highest BCUT2D eigenvalue weighted by atomic mass is 79.9. The molecular weight excluding hydrogens is 310 g/mol. The van der Waals surface area contributed by atoms with Gasteiger partial charge in [-0.15, -0.1) is 0 Å². The van der Waals surface area contributed by atoms with Gasteiger partial charge in [-0.25, -0.2) is 0 Å². The first-order valence-electron chi connectivity index (χ1n) is 6.41. The molecule has 1 aromatic heterocycles. The summed E-state index contributed by atoms with van der Waals surface area (Å²) in [6, 6.07) is 0.494. The second kappa shape index (κ2) is 7.56. The van der Waals surface area contributed by atoms with Crippen molar-refractivity contribution in [1.29, 1.82) is 0 Å². The van der Waals surface area contributed by atoms with Crippen molar-refractivity contribution in [2.75, 3.05) is 19.1 Å². The van der Waals surface area contributed by atoms with E-state index in [0.717, 1.165) is 18.5 Å². The van der Waals surface area contributed by atoms with E-state index in [1.165, 1.54) is 15.9 Å². The first-order valence-corrected chi connectivity index (χ1v) is 8.60. The summed E-state index contributed by atoms with van der Waals surface area (Å²) in [6.07, 6.45) is 4.15. The Morgan fingerprint density at radius 3 is 2.61 bits per heavy atom. The number of nitrogens with zero attached hydrogens (tertiary/aromatic N) is 2. The van der Waals surface area contributed by atoms with Gasteiger partial charge in [0.1, 0.15) is 0 Å². The maximum atomic E-state index is 4.56. The van der Waals surface area contributed by atoms with E-state index in [2.05, 4.69) is 46.4 Å². The first-order chi connectivity index (χ1) is 8.54. The zero-order valence-electron chi connectivity index (χ0n) is 12.0. The van der Waals surface area contributed by atoms with Gasteiger partial charge in [0.2, 0.25) is 0 Å². The molecule has 0 bridgehead atoms. The van der Waals surface area contributed by atoms with Crippen molar-refractivity contribution in [3.63, 3.8) is 0 Å². The minimum absolute atomic E-state index is 0.494. The number of aryl methyl sites for hydroxylation is 2. The molecule has 1 N–H and O–H groups in total. The quantitative estimate of drug-likeness (QED) is 0.832. The van der Waals surface area contributed by atoms with Gasteiger partial charge in [0.25, 0.3) is 0 Å². The number of nitrogens with one attached hydrogen (secondary N) is 1. The van der Waals surface area contributed by atoms with Crippen molar-refractivity contribution >= 4 is 27.7 Å². The summed E-state index contributed by atoms with van der Waals surface area (Å²) in [5, 5.41) is 8.00. The Bertz CT molecular complexity index is 379. The van der Waals surface area contributed by atoms with Crippen LogP contribution in [0.1, 0.15) is 25.2 Å². The largest absolute Gasteiger partial charge is 0.316 e. The molecule has 0 saturated carbocycles. The summed E-state index contributed by atoms with van der Waals surface area (Å²) in [6.45, 7) is 4.45. The maximum Gasteiger partial charge on any atom is 0.0766 e. The van der Waals surface area contributed by atoms with Crippen LogP contribution in [0.25, 0.3) is 0 Å². The third-order valence-electron chi connectivity index (χ3n) is 3.40. The van der Waals surface area contributed by atoms with Gasteiger partial charge in [-0.3, -0.25) is 4.68 Å². The van der Waals surface area contributed by atoms with Gasteiger partial charge in [0.05, 0.1) is 15.9 Å². The molecule has 0 radical (unpaired) electrons. The van der Waals surface area contributed by atoms with Gasteiger partial charge in [0, 0.05) is 19.5 Å². The number of aromatic nitrogens is 2. The van der Waals surface area contributed by atoms with E-state index in [1.54, 1.807) is 0 Å². The molecule has 5 heteroatoms. The molecule has 0 aliphatic carbocycles. The zero-order valence-corrected chi connectivity index (χ0v) is 14.4. The normalized spacial score (nSPS) is 14.8. The summed E-state index contributed by atoms with van der Waals surface area (Å²) in [5.41, 5.74) is 2.44. The second-order valence-corrected chi connectivity index (χ2v) is 6.42. The number of likely N-dealkylation sites (N-methyl/N-ethyl adjacent to an activating group) is 1. The molecule has 0 amide bonds. The SMILES string of the molecule is CCc1nn(C)c(CC(NC)C(C)CSC)c1Br. The van der Waals surface area contributed by atoms with Crippen molar-refractivity contribution < 1.29 is 0 Å². The van der Waals surface area contributed by atoms with Gasteiger partial charge in [0.15, 0.2) is 0 Å². The van der Waals surface area contributed by atoms with Crippen LogP contribution in [-0.2, 0) is 19.9 Å². The monoisotopic (exact) mass is 333 g/mol. The lowest BCUT2D eigenvalue weighted by Gasteiger charge is -2.23. The van der Waals surface area contributed by atoms with Crippen LogP contribution in [0.4, 0.5) is 0 Å². The van der Waals surface area contributed by atoms with Crippen molar-refractivity contribution in [2.45, 2.75) is 32.7 Å². The number of halogens is 1. The molecule has 0 aromatic carbocycles. The molecule has 1 aromatic rings. The number of hydrogen-bond acceptors (Lipinski definition) is 3. The van der Waals surface area contributed by atoms with Crippen LogP contribution in [-0.4, -0.2) is 34.9 Å². The fourth-order valence-corrected chi connectivity index (χ4v) is 3.75. The Morgan fingerprint density at radius 1 is 1.50 bits per heavy atom. The molecule has 1 heterocycles. The summed E-state index contributed by atoms with van der Waals surface area (Å²) >= 11 is 5.60. The Balaban J connectivity index is 2.84. The second-order valence-electron chi connectivity index (χ2n) is 4.72. The highest BCUT2D eigenvalue weighted by molar-refractivity contribution is 9.10. The van der Waals surface area contributed by atoms with Gasteiger partial charge >= 0.3 is 0 Å². The van der Waals surface area contributed by atoms with Crippen LogP contribution in [0, 0.1) is 5.92 Å². The minimum atomic E-state index is 0.494. The van der Waals surface area contributed by atoms with Crippen LogP contribution < -0.4 is 5.32 Å². The molecule has 0 aliphatic rings. The zero-order chi connectivity index (χ0) is 13.7. The molecule has 2 unspecified atom stereocenters. The van der Waals surface area contributed by atoms with Crippen LogP contribution in [0.3, 0.4) is 0 Å². The molecule has 104 valence electrons. The summed E-state index contributed by atoms with van der Waals surface area (Å²) in [7, 11) is 4.08. The van der Waals surface area contributed by atoms with Crippen molar-refractivity contribution in [1.82, 2.24) is 15.1 Å². The van der Waals surface area contributed by atoms with Gasteiger partial charge in [-0.05, 0) is 47.3 Å². The molecule has 0 saturated heterocycles. The van der Waals surface area contributed by atoms with Crippen LogP contribution >= 0.6 is 27.7 Å². The summed E-state index contributed by atoms with van der Waals surface area (Å²) in [5.74, 6) is 1.83. The third kappa shape index (κ3) is 3.75. The average molecular weight is 334 g/mol. The minimum Gasteiger partial charge on any atom is -0.316 e. The van der Waals surface area contributed by atoms with Crippen LogP contribution in [0.15, 0.2) is 4.47 Å². The van der Waals surface area contributed by atoms with E-state index in [9.17, 15) is 0 Å². The van der Waals surface area contributed by atoms with Gasteiger partial charge < -0.3 is 5.32 Å². The Labute approximate surface area is 123 Å². The highest BCUT2D eigenvalue weighted by Crippen LogP contribution is 2.24. The van der Waals surface area contributed by atoms with Crippen molar-refractivity contribution in [3.8, 4) is 0 Å². The first kappa shape index (κ1) is 16.1. The predicted octanol–water partition coefficient (Wildman–Crippen LogP) is 2.87. The predicted molar refractivity (Wildman–Crippen MR) is 84.4 cm³/mol. The van der Waals surface area contributed by atoms with E-state index >= 15 is 0 Å². The molecule has 18 heavy (non-hydrogen) atoms. The molecule has 2 atom stereocenters. The number of hydrogen-bond donors (Lipinski definition) is 1. The molecule has 1 rings (SSSR count). The highest BCUT2D eigenvalue weighted by Gasteiger charge is 2.20. The lowest BCUT2D eigenvalue weighted by molar-refractivity contribution is 0.420. The topological polar surface area (TPSA) is 29.9 Å². The fourth-order valence-electron chi connectivity index (χ4n) is 2.22. The summed E-state index contributed by atoms with van der Waals surface area (Å²) in [4.78, 5) is 0. The van der Waals surface area contributed by atoms with Gasteiger partial charge in [-0.2, -0.15) is 16.9 Å². The number of rotatable bonds is 7. The van der Waals surface area contributed by atoms with E-state index in [-0.39, 0.29) is 0 Å². The molecule has 0 spiro atoms. The van der Waals surface area contributed by atoms with Crippen LogP contribution in [0.5, 0.6) is 0 Å².